The molecule has 0 N–H and O–H groups in total. The van der Waals surface area contributed by atoms with Gasteiger partial charge in [-0.05, 0) is 58.7 Å². The van der Waals surface area contributed by atoms with E-state index in [0.717, 1.165) is 12.2 Å². The standard InChI is InChI=1S/C22H10F12/c23-19(24,25)14-5-12(6-15(9-14)20(26,27)28)18(11-3-1-2-4-11)13-7-16(21(29,30)31)10-17(8-13)22(32,33)34/h1-10H. The molecule has 3 rings (SSSR count). The fourth-order valence-electron chi connectivity index (χ4n) is 3.24. The van der Waals surface area contributed by atoms with Gasteiger partial charge in [-0.3, -0.25) is 0 Å². The van der Waals surface area contributed by atoms with Crippen LogP contribution in [0.2, 0.25) is 0 Å². The first kappa shape index (κ1) is 25.4. The second kappa shape index (κ2) is 8.24. The molecular formula is C22H10F12. The predicted octanol–water partition coefficient (Wildman–Crippen LogP) is 8.69. The van der Waals surface area contributed by atoms with Crippen molar-refractivity contribution in [2.24, 2.45) is 0 Å². The third-order valence-electron chi connectivity index (χ3n) is 4.70. The Hall–Kier alpha value is -3.18. The topological polar surface area (TPSA) is 0 Å². The first-order valence-corrected chi connectivity index (χ1v) is 9.06. The Bertz CT molecular complexity index is 1030. The van der Waals surface area contributed by atoms with Crippen LogP contribution < -0.4 is 0 Å². The van der Waals surface area contributed by atoms with E-state index in [1.165, 1.54) is 12.2 Å². The number of benzene rings is 2. The summed E-state index contributed by atoms with van der Waals surface area (Å²) in [5.41, 5.74) is -9.66. The Labute approximate surface area is 183 Å². The molecule has 0 bridgehead atoms. The maximum atomic E-state index is 13.3. The van der Waals surface area contributed by atoms with Gasteiger partial charge in [0, 0.05) is 0 Å². The molecule has 0 saturated heterocycles. The predicted molar refractivity (Wildman–Crippen MR) is 97.2 cm³/mol. The van der Waals surface area contributed by atoms with Gasteiger partial charge in [-0.2, -0.15) is 52.7 Å². The summed E-state index contributed by atoms with van der Waals surface area (Å²) in [6, 6.07) is 0.575. The molecule has 0 aromatic heterocycles. The van der Waals surface area contributed by atoms with E-state index in [0.29, 0.717) is 0 Å². The average molecular weight is 502 g/mol. The zero-order valence-corrected chi connectivity index (χ0v) is 16.3. The van der Waals surface area contributed by atoms with Crippen LogP contribution in [-0.2, 0) is 24.7 Å². The minimum atomic E-state index is -5.28. The van der Waals surface area contributed by atoms with Crippen LogP contribution in [0.1, 0.15) is 33.4 Å². The lowest BCUT2D eigenvalue weighted by Gasteiger charge is -2.20. The number of hydrogen-bond acceptors (Lipinski definition) is 0. The van der Waals surface area contributed by atoms with Gasteiger partial charge in [0.05, 0.1) is 22.3 Å². The Morgan fingerprint density at radius 2 is 0.676 bits per heavy atom. The first-order chi connectivity index (χ1) is 15.4. The molecule has 0 atom stereocenters. The molecule has 1 aliphatic rings. The molecule has 0 aliphatic heterocycles. The summed E-state index contributed by atoms with van der Waals surface area (Å²) in [4.78, 5) is 0. The molecule has 0 unspecified atom stereocenters. The molecule has 34 heavy (non-hydrogen) atoms. The van der Waals surface area contributed by atoms with Gasteiger partial charge in [0.25, 0.3) is 0 Å². The average Bonchev–Trinajstić information content (AvgIpc) is 3.19. The molecule has 12 heteroatoms. The molecule has 0 heterocycles. The monoisotopic (exact) mass is 502 g/mol. The van der Waals surface area contributed by atoms with Crippen LogP contribution in [0.5, 0.6) is 0 Å². The van der Waals surface area contributed by atoms with E-state index in [1.54, 1.807) is 0 Å². The van der Waals surface area contributed by atoms with Crippen molar-refractivity contribution in [2.75, 3.05) is 0 Å². The van der Waals surface area contributed by atoms with E-state index >= 15 is 0 Å². The summed E-state index contributed by atoms with van der Waals surface area (Å²) in [5.74, 6) is 0. The van der Waals surface area contributed by atoms with Crippen LogP contribution in [0.4, 0.5) is 52.7 Å². The van der Waals surface area contributed by atoms with Crippen molar-refractivity contribution < 1.29 is 52.7 Å². The highest BCUT2D eigenvalue weighted by atomic mass is 19.4. The van der Waals surface area contributed by atoms with Crippen molar-refractivity contribution in [1.82, 2.24) is 0 Å². The molecule has 0 radical (unpaired) electrons. The van der Waals surface area contributed by atoms with Gasteiger partial charge in [0.15, 0.2) is 0 Å². The van der Waals surface area contributed by atoms with Crippen LogP contribution in [0.15, 0.2) is 66.3 Å². The summed E-state index contributed by atoms with van der Waals surface area (Å²) >= 11 is 0. The fraction of sp³-hybridized carbons (Fsp3) is 0.182. The van der Waals surface area contributed by atoms with Crippen LogP contribution in [0, 0.1) is 0 Å². The molecule has 0 fully saturated rings. The largest absolute Gasteiger partial charge is 0.416 e. The summed E-state index contributed by atoms with van der Waals surface area (Å²) in [6.45, 7) is 0. The molecule has 182 valence electrons. The van der Waals surface area contributed by atoms with Gasteiger partial charge in [0.1, 0.15) is 0 Å². The van der Waals surface area contributed by atoms with Gasteiger partial charge in [0.2, 0.25) is 0 Å². The van der Waals surface area contributed by atoms with E-state index in [2.05, 4.69) is 0 Å². The highest BCUT2D eigenvalue weighted by molar-refractivity contribution is 5.87. The van der Waals surface area contributed by atoms with Crippen molar-refractivity contribution >= 4 is 5.57 Å². The van der Waals surface area contributed by atoms with E-state index in [1.807, 2.05) is 0 Å². The van der Waals surface area contributed by atoms with Crippen LogP contribution in [-0.4, -0.2) is 0 Å². The Morgan fingerprint density at radius 1 is 0.412 bits per heavy atom. The summed E-state index contributed by atoms with van der Waals surface area (Å²) < 4.78 is 160. The second-order valence-corrected chi connectivity index (χ2v) is 7.14. The van der Waals surface area contributed by atoms with E-state index in [4.69, 9.17) is 0 Å². The quantitative estimate of drug-likeness (QED) is 0.361. The molecule has 0 nitrogen and oxygen atoms in total. The summed E-state index contributed by atoms with van der Waals surface area (Å²) in [6.07, 6.45) is -16.3. The lowest BCUT2D eigenvalue weighted by Crippen LogP contribution is -2.13. The van der Waals surface area contributed by atoms with Crippen molar-refractivity contribution in [3.63, 3.8) is 0 Å². The number of halogens is 12. The number of hydrogen-bond donors (Lipinski definition) is 0. The third-order valence-corrected chi connectivity index (χ3v) is 4.70. The fourth-order valence-corrected chi connectivity index (χ4v) is 3.24. The minimum Gasteiger partial charge on any atom is -0.166 e. The molecule has 2 aromatic carbocycles. The van der Waals surface area contributed by atoms with Gasteiger partial charge in [-0.25, -0.2) is 0 Å². The van der Waals surface area contributed by atoms with Crippen LogP contribution in [0.3, 0.4) is 0 Å². The molecule has 0 saturated carbocycles. The van der Waals surface area contributed by atoms with Crippen molar-refractivity contribution in [3.8, 4) is 0 Å². The van der Waals surface area contributed by atoms with Crippen molar-refractivity contribution in [2.45, 2.75) is 24.7 Å². The van der Waals surface area contributed by atoms with Gasteiger partial charge >= 0.3 is 24.7 Å². The van der Waals surface area contributed by atoms with Gasteiger partial charge < -0.3 is 0 Å². The highest BCUT2D eigenvalue weighted by Gasteiger charge is 2.39. The lowest BCUT2D eigenvalue weighted by molar-refractivity contribution is -0.144. The lowest BCUT2D eigenvalue weighted by atomic mass is 9.88. The van der Waals surface area contributed by atoms with Crippen LogP contribution in [0.25, 0.3) is 5.57 Å². The van der Waals surface area contributed by atoms with E-state index in [-0.39, 0.29) is 42.0 Å². The zero-order chi connectivity index (χ0) is 25.7. The molecule has 0 amide bonds. The second-order valence-electron chi connectivity index (χ2n) is 7.14. The molecular weight excluding hydrogens is 492 g/mol. The van der Waals surface area contributed by atoms with Crippen LogP contribution >= 0.6 is 0 Å². The van der Waals surface area contributed by atoms with Crippen molar-refractivity contribution in [1.29, 1.82) is 0 Å². The Morgan fingerprint density at radius 3 is 0.912 bits per heavy atom. The van der Waals surface area contributed by atoms with E-state index < -0.39 is 63.7 Å². The first-order valence-electron chi connectivity index (χ1n) is 9.06. The smallest absolute Gasteiger partial charge is 0.166 e. The third kappa shape index (κ3) is 5.48. The van der Waals surface area contributed by atoms with Crippen molar-refractivity contribution in [3.05, 3.63) is 99.7 Å². The van der Waals surface area contributed by atoms with E-state index in [9.17, 15) is 52.7 Å². The summed E-state index contributed by atoms with van der Waals surface area (Å²) in [5, 5.41) is 0. The van der Waals surface area contributed by atoms with Gasteiger partial charge in [-0.15, -0.1) is 0 Å². The number of rotatable bonds is 2. The summed E-state index contributed by atoms with van der Waals surface area (Å²) in [7, 11) is 0. The molecule has 1 aliphatic carbocycles. The molecule has 2 aromatic rings. The Balaban J connectivity index is 2.42. The normalized spacial score (nSPS) is 14.8. The highest BCUT2D eigenvalue weighted by Crippen LogP contribution is 2.43. The maximum absolute atomic E-state index is 13.3. The zero-order valence-electron chi connectivity index (χ0n) is 16.3. The minimum absolute atomic E-state index is 0.181. The maximum Gasteiger partial charge on any atom is 0.416 e. The number of alkyl halides is 12. The number of allylic oxidation sites excluding steroid dienone is 5. The SMILES string of the molecule is FC(F)(F)c1cc(C(=C2C=CC=C2)c2cc(C(F)(F)F)cc(C(F)(F)F)c2)cc(C(F)(F)F)c1. The molecule has 0 spiro atoms. The van der Waals surface area contributed by atoms with Gasteiger partial charge in [-0.1, -0.05) is 24.3 Å². The Kier molecular flexibility index (Phi) is 6.17.